The Morgan fingerprint density at radius 3 is 2.82 bits per heavy atom. The molecule has 1 aliphatic heterocycles. The van der Waals surface area contributed by atoms with E-state index in [2.05, 4.69) is 10.6 Å². The Kier molecular flexibility index (Phi) is 5.37. The summed E-state index contributed by atoms with van der Waals surface area (Å²) in [5.41, 5.74) is 2.88. The molecule has 1 heterocycles. The number of benzene rings is 1. The molecule has 7 heteroatoms. The van der Waals surface area contributed by atoms with Crippen LogP contribution in [0, 0.1) is 0 Å². The van der Waals surface area contributed by atoms with Gasteiger partial charge in [-0.15, -0.1) is 0 Å². The van der Waals surface area contributed by atoms with E-state index in [1.165, 1.54) is 11.1 Å². The maximum absolute atomic E-state index is 12.6. The van der Waals surface area contributed by atoms with Crippen LogP contribution in [-0.2, 0) is 22.4 Å². The number of aryl methyl sites for hydroxylation is 2. The number of hydrogen-bond acceptors (Lipinski definition) is 5. The van der Waals surface area contributed by atoms with E-state index >= 15 is 0 Å². The largest absolute Gasteiger partial charge is 0.484 e. The highest BCUT2D eigenvalue weighted by Gasteiger charge is 2.35. The number of piperidine rings is 1. The molecule has 4 N–H and O–H groups in total. The van der Waals surface area contributed by atoms with Crippen LogP contribution >= 0.6 is 0 Å². The van der Waals surface area contributed by atoms with Crippen LogP contribution in [-0.4, -0.2) is 52.9 Å². The zero-order valence-electron chi connectivity index (χ0n) is 15.7. The van der Waals surface area contributed by atoms with E-state index in [1.54, 1.807) is 6.08 Å². The van der Waals surface area contributed by atoms with Crippen LogP contribution in [0.2, 0.25) is 0 Å². The van der Waals surface area contributed by atoms with Gasteiger partial charge in [-0.25, -0.2) is 0 Å². The Labute approximate surface area is 163 Å². The van der Waals surface area contributed by atoms with Crippen molar-refractivity contribution in [3.05, 3.63) is 41.0 Å². The first-order chi connectivity index (χ1) is 13.5. The van der Waals surface area contributed by atoms with Gasteiger partial charge in [0.25, 0.3) is 0 Å². The molecule has 0 radical (unpaired) electrons. The molecule has 0 spiro atoms. The van der Waals surface area contributed by atoms with Gasteiger partial charge >= 0.3 is 0 Å². The summed E-state index contributed by atoms with van der Waals surface area (Å²) in [7, 11) is 0. The minimum Gasteiger partial charge on any atom is -0.484 e. The number of rotatable bonds is 4. The lowest BCUT2D eigenvalue weighted by atomic mass is 9.91. The Balaban J connectivity index is 1.48. The van der Waals surface area contributed by atoms with Gasteiger partial charge in [0.2, 0.25) is 11.8 Å². The van der Waals surface area contributed by atoms with Crippen molar-refractivity contribution in [1.29, 1.82) is 0 Å². The summed E-state index contributed by atoms with van der Waals surface area (Å²) < 4.78 is 5.91. The molecule has 0 saturated carbocycles. The van der Waals surface area contributed by atoms with Crippen LogP contribution in [0.25, 0.3) is 0 Å². The number of nitrogens with one attached hydrogen (secondary N) is 2. The highest BCUT2D eigenvalue weighted by atomic mass is 16.5. The molecule has 1 fully saturated rings. The van der Waals surface area contributed by atoms with Crippen molar-refractivity contribution in [2.24, 2.45) is 0 Å². The maximum atomic E-state index is 12.6. The van der Waals surface area contributed by atoms with E-state index in [9.17, 15) is 19.8 Å². The van der Waals surface area contributed by atoms with Crippen molar-refractivity contribution >= 4 is 11.8 Å². The minimum atomic E-state index is -1.12. The topological polar surface area (TPSA) is 108 Å². The van der Waals surface area contributed by atoms with Crippen molar-refractivity contribution in [1.82, 2.24) is 10.6 Å². The molecule has 4 atom stereocenters. The summed E-state index contributed by atoms with van der Waals surface area (Å²) in [4.78, 5) is 24.5. The quantitative estimate of drug-likeness (QED) is 0.598. The predicted molar refractivity (Wildman–Crippen MR) is 102 cm³/mol. The average Bonchev–Trinajstić information content (AvgIpc) is 3.15. The van der Waals surface area contributed by atoms with Crippen molar-refractivity contribution < 1.29 is 24.5 Å². The maximum Gasteiger partial charge on any atom is 0.247 e. The number of carbonyl (C=O) groups is 2. The van der Waals surface area contributed by atoms with E-state index in [4.69, 9.17) is 4.74 Å². The van der Waals surface area contributed by atoms with E-state index in [0.29, 0.717) is 24.3 Å². The lowest BCUT2D eigenvalue weighted by molar-refractivity contribution is -0.129. The molecule has 2 amide bonds. The highest BCUT2D eigenvalue weighted by Crippen LogP contribution is 2.29. The smallest absolute Gasteiger partial charge is 0.247 e. The van der Waals surface area contributed by atoms with Gasteiger partial charge in [-0.2, -0.15) is 0 Å². The molecule has 4 rings (SSSR count). The van der Waals surface area contributed by atoms with Gasteiger partial charge in [-0.05, 0) is 61.4 Å². The van der Waals surface area contributed by atoms with Crippen LogP contribution in [0.1, 0.15) is 36.8 Å². The molecule has 0 aromatic heterocycles. The second-order valence-corrected chi connectivity index (χ2v) is 7.78. The normalized spacial score (nSPS) is 29.5. The van der Waals surface area contributed by atoms with Gasteiger partial charge in [-0.3, -0.25) is 9.59 Å². The number of ether oxygens (including phenoxy) is 1. The zero-order valence-corrected chi connectivity index (χ0v) is 15.7. The second kappa shape index (κ2) is 7.93. The molecule has 7 nitrogen and oxygen atoms in total. The second-order valence-electron chi connectivity index (χ2n) is 7.78. The van der Waals surface area contributed by atoms with Crippen LogP contribution in [0.4, 0.5) is 0 Å². The molecule has 150 valence electrons. The molecular weight excluding hydrogens is 360 g/mol. The van der Waals surface area contributed by atoms with Gasteiger partial charge < -0.3 is 25.6 Å². The third-order valence-corrected chi connectivity index (χ3v) is 5.75. The zero-order chi connectivity index (χ0) is 19.7. The first-order valence-corrected chi connectivity index (χ1v) is 9.95. The van der Waals surface area contributed by atoms with E-state index in [-0.39, 0.29) is 12.3 Å². The average molecular weight is 386 g/mol. The molecule has 28 heavy (non-hydrogen) atoms. The van der Waals surface area contributed by atoms with Crippen molar-refractivity contribution in [2.45, 2.75) is 62.9 Å². The molecule has 4 unspecified atom stereocenters. The Hall–Kier alpha value is -2.38. The fourth-order valence-electron chi connectivity index (χ4n) is 4.14. The van der Waals surface area contributed by atoms with Crippen molar-refractivity contribution in [2.75, 3.05) is 6.54 Å². The number of carbonyl (C=O) groups excluding carboxylic acids is 2. The number of aliphatic hydroxyl groups is 2. The van der Waals surface area contributed by atoms with Gasteiger partial charge in [0.05, 0.1) is 6.10 Å². The summed E-state index contributed by atoms with van der Waals surface area (Å²) in [6, 6.07) is 5.29. The molecular formula is C21H26N2O5. The van der Waals surface area contributed by atoms with Gasteiger partial charge in [-0.1, -0.05) is 6.07 Å². The number of hydrogen-bond donors (Lipinski definition) is 4. The summed E-state index contributed by atoms with van der Waals surface area (Å²) in [5, 5.41) is 26.0. The van der Waals surface area contributed by atoms with Crippen molar-refractivity contribution in [3.8, 4) is 5.75 Å². The monoisotopic (exact) mass is 386 g/mol. The van der Waals surface area contributed by atoms with E-state index in [0.717, 1.165) is 25.7 Å². The summed E-state index contributed by atoms with van der Waals surface area (Å²) in [5.74, 6) is 0.0135. The Morgan fingerprint density at radius 2 is 2.00 bits per heavy atom. The van der Waals surface area contributed by atoms with Gasteiger partial charge in [0, 0.05) is 18.5 Å². The standard InChI is InChI=1S/C21H26N2O5/c24-17-10-14(20(26)23-16-5-2-8-22-21(16)27)11-18(19(17)25)28-15-7-6-12-3-1-4-13(12)9-15/h6-7,9,11,16-19,24-25H,1-5,8,10H2,(H,22,27)(H,23,26). The molecule has 0 bridgehead atoms. The van der Waals surface area contributed by atoms with Crippen LogP contribution in [0.5, 0.6) is 5.75 Å². The summed E-state index contributed by atoms with van der Waals surface area (Å²) in [6.45, 7) is 0.621. The summed E-state index contributed by atoms with van der Waals surface area (Å²) in [6.07, 6.45) is 3.12. The molecule has 1 aromatic rings. The van der Waals surface area contributed by atoms with Crippen LogP contribution in [0.15, 0.2) is 29.8 Å². The fraction of sp³-hybridized carbons (Fsp3) is 0.524. The first kappa shape index (κ1) is 19.0. The van der Waals surface area contributed by atoms with Crippen LogP contribution < -0.4 is 15.4 Å². The summed E-state index contributed by atoms with van der Waals surface area (Å²) >= 11 is 0. The van der Waals surface area contributed by atoms with E-state index in [1.807, 2.05) is 18.2 Å². The van der Waals surface area contributed by atoms with E-state index < -0.39 is 30.3 Å². The molecule has 1 saturated heterocycles. The van der Waals surface area contributed by atoms with Crippen LogP contribution in [0.3, 0.4) is 0 Å². The molecule has 3 aliphatic rings. The van der Waals surface area contributed by atoms with Crippen molar-refractivity contribution in [3.63, 3.8) is 0 Å². The number of aliphatic hydroxyl groups excluding tert-OH is 2. The SMILES string of the molecule is O=C(NC1CCCNC1=O)C1=CC(Oc2ccc3c(c2)CCC3)C(O)C(O)C1. The fourth-order valence-corrected chi connectivity index (χ4v) is 4.14. The highest BCUT2D eigenvalue weighted by molar-refractivity contribution is 5.97. The third-order valence-electron chi connectivity index (χ3n) is 5.75. The molecule has 1 aromatic carbocycles. The Bertz CT molecular complexity index is 806. The minimum absolute atomic E-state index is 0.0192. The van der Waals surface area contributed by atoms with Gasteiger partial charge in [0.1, 0.15) is 24.0 Å². The number of amides is 2. The lowest BCUT2D eigenvalue weighted by Gasteiger charge is -2.31. The molecule has 2 aliphatic carbocycles. The van der Waals surface area contributed by atoms with Gasteiger partial charge in [0.15, 0.2) is 0 Å². The Morgan fingerprint density at radius 1 is 1.18 bits per heavy atom. The third kappa shape index (κ3) is 3.91. The number of fused-ring (bicyclic) bond motifs is 1. The predicted octanol–water partition coefficient (Wildman–Crippen LogP) is 0.369. The lowest BCUT2D eigenvalue weighted by Crippen LogP contribution is -2.51. The first-order valence-electron chi connectivity index (χ1n) is 9.95.